The summed E-state index contributed by atoms with van der Waals surface area (Å²) < 4.78 is 15.8. The number of esters is 1. The van der Waals surface area contributed by atoms with Crippen molar-refractivity contribution < 1.29 is 28.6 Å². The van der Waals surface area contributed by atoms with Gasteiger partial charge in [0.25, 0.3) is 5.91 Å². The average Bonchev–Trinajstić information content (AvgIpc) is 2.68. The highest BCUT2D eigenvalue weighted by Crippen LogP contribution is 2.32. The molecule has 10 heteroatoms. The Balaban J connectivity index is 1.52. The van der Waals surface area contributed by atoms with Crippen LogP contribution < -0.4 is 20.1 Å². The Hall–Kier alpha value is -3.69. The molecule has 3 amide bonds. The Morgan fingerprint density at radius 2 is 1.86 bits per heavy atom. The Morgan fingerprint density at radius 3 is 2.57 bits per heavy atom. The van der Waals surface area contributed by atoms with Gasteiger partial charge >= 0.3 is 12.0 Å². The van der Waals surface area contributed by atoms with Crippen molar-refractivity contribution in [2.75, 3.05) is 18.5 Å². The van der Waals surface area contributed by atoms with E-state index in [9.17, 15) is 14.4 Å². The number of carbonyl (C=O) groups excluding carboxylic acids is 3. The highest BCUT2D eigenvalue weighted by atomic mass is 16.6. The number of amides is 3. The third kappa shape index (κ3) is 4.72. The standard InChI is InChI=1S/C18H18N4O6/c1-10-8-20-13(9-19-10)17(24)28-11(2)16(23)22-18(25)21-12-3-4-14-15(7-12)27-6-5-26-14/h3-4,7-9,11H,5-6H2,1-2H3,(H2,21,22,23,25). The summed E-state index contributed by atoms with van der Waals surface area (Å²) in [4.78, 5) is 43.8. The Bertz CT molecular complexity index is 899. The second kappa shape index (κ2) is 8.33. The molecule has 1 unspecified atom stereocenters. The monoisotopic (exact) mass is 386 g/mol. The van der Waals surface area contributed by atoms with Gasteiger partial charge in [-0.15, -0.1) is 0 Å². The van der Waals surface area contributed by atoms with Crippen LogP contribution in [-0.4, -0.2) is 47.2 Å². The molecule has 1 aliphatic rings. The lowest BCUT2D eigenvalue weighted by atomic mass is 10.2. The van der Waals surface area contributed by atoms with Crippen molar-refractivity contribution in [1.82, 2.24) is 15.3 Å². The van der Waals surface area contributed by atoms with E-state index < -0.39 is 24.0 Å². The number of benzene rings is 1. The number of hydrogen-bond acceptors (Lipinski definition) is 8. The van der Waals surface area contributed by atoms with Crippen LogP contribution in [0.4, 0.5) is 10.5 Å². The number of ether oxygens (including phenoxy) is 3. The minimum Gasteiger partial charge on any atom is -0.486 e. The fourth-order valence-electron chi connectivity index (χ4n) is 2.27. The number of nitrogens with zero attached hydrogens (tertiary/aromatic N) is 2. The largest absolute Gasteiger partial charge is 0.486 e. The number of rotatable bonds is 4. The van der Waals surface area contributed by atoms with Crippen molar-refractivity contribution >= 4 is 23.6 Å². The van der Waals surface area contributed by atoms with Gasteiger partial charge in [-0.1, -0.05) is 0 Å². The van der Waals surface area contributed by atoms with Crippen LogP contribution in [0.2, 0.25) is 0 Å². The first-order valence-electron chi connectivity index (χ1n) is 8.43. The Kier molecular flexibility index (Phi) is 5.68. The summed E-state index contributed by atoms with van der Waals surface area (Å²) in [5, 5.41) is 4.60. The molecule has 0 fully saturated rings. The number of hydrogen-bond donors (Lipinski definition) is 2. The van der Waals surface area contributed by atoms with Crippen LogP contribution in [0.1, 0.15) is 23.1 Å². The van der Waals surface area contributed by atoms with Crippen LogP contribution in [0, 0.1) is 6.92 Å². The predicted molar refractivity (Wildman–Crippen MR) is 96.2 cm³/mol. The number of aromatic nitrogens is 2. The van der Waals surface area contributed by atoms with Crippen LogP contribution in [0.15, 0.2) is 30.6 Å². The van der Waals surface area contributed by atoms with E-state index in [1.165, 1.54) is 19.3 Å². The van der Waals surface area contributed by atoms with Gasteiger partial charge in [0, 0.05) is 18.0 Å². The molecule has 10 nitrogen and oxygen atoms in total. The highest BCUT2D eigenvalue weighted by Gasteiger charge is 2.22. The van der Waals surface area contributed by atoms with Gasteiger partial charge < -0.3 is 19.5 Å². The third-order valence-electron chi connectivity index (χ3n) is 3.68. The van der Waals surface area contributed by atoms with Gasteiger partial charge in [0.1, 0.15) is 13.2 Å². The Labute approximate surface area is 160 Å². The molecule has 146 valence electrons. The van der Waals surface area contributed by atoms with Gasteiger partial charge in [0.2, 0.25) is 0 Å². The predicted octanol–water partition coefficient (Wildman–Crippen LogP) is 1.45. The highest BCUT2D eigenvalue weighted by molar-refractivity contribution is 6.03. The van der Waals surface area contributed by atoms with E-state index in [0.717, 1.165) is 0 Å². The Morgan fingerprint density at radius 1 is 1.11 bits per heavy atom. The lowest BCUT2D eigenvalue weighted by Gasteiger charge is -2.19. The topological polar surface area (TPSA) is 129 Å². The fraction of sp³-hybridized carbons (Fsp3) is 0.278. The number of carbonyl (C=O) groups is 3. The zero-order valence-electron chi connectivity index (χ0n) is 15.2. The first kappa shape index (κ1) is 19.1. The van der Waals surface area contributed by atoms with Gasteiger partial charge in [-0.2, -0.15) is 0 Å². The quantitative estimate of drug-likeness (QED) is 0.756. The molecule has 2 heterocycles. The van der Waals surface area contributed by atoms with Crippen molar-refractivity contribution in [3.63, 3.8) is 0 Å². The number of fused-ring (bicyclic) bond motifs is 1. The maximum Gasteiger partial charge on any atom is 0.359 e. The number of urea groups is 1. The number of imide groups is 1. The molecule has 0 bridgehead atoms. The zero-order chi connectivity index (χ0) is 20.1. The lowest BCUT2D eigenvalue weighted by molar-refractivity contribution is -0.127. The molecule has 1 aliphatic heterocycles. The van der Waals surface area contributed by atoms with Crippen LogP contribution in [-0.2, 0) is 9.53 Å². The van der Waals surface area contributed by atoms with E-state index in [1.807, 2.05) is 0 Å². The summed E-state index contributed by atoms with van der Waals surface area (Å²) in [5.74, 6) is -0.532. The number of nitrogens with one attached hydrogen (secondary N) is 2. The normalized spacial score (nSPS) is 13.2. The minimum absolute atomic E-state index is 0.0361. The summed E-state index contributed by atoms with van der Waals surface area (Å²) in [6.45, 7) is 3.93. The van der Waals surface area contributed by atoms with E-state index in [1.54, 1.807) is 25.1 Å². The molecule has 1 aromatic heterocycles. The molecule has 2 aromatic rings. The third-order valence-corrected chi connectivity index (χ3v) is 3.68. The second-order valence-electron chi connectivity index (χ2n) is 5.89. The maximum atomic E-state index is 12.1. The van der Waals surface area contributed by atoms with Crippen LogP contribution in [0.25, 0.3) is 0 Å². The second-order valence-corrected chi connectivity index (χ2v) is 5.89. The van der Waals surface area contributed by atoms with E-state index in [4.69, 9.17) is 14.2 Å². The van der Waals surface area contributed by atoms with Gasteiger partial charge in [0.15, 0.2) is 23.3 Å². The van der Waals surface area contributed by atoms with E-state index >= 15 is 0 Å². The van der Waals surface area contributed by atoms with Crippen molar-refractivity contribution in [2.45, 2.75) is 20.0 Å². The summed E-state index contributed by atoms with van der Waals surface area (Å²) in [5.41, 5.74) is 1.01. The van der Waals surface area contributed by atoms with Crippen LogP contribution >= 0.6 is 0 Å². The molecule has 0 radical (unpaired) electrons. The summed E-state index contributed by atoms with van der Waals surface area (Å²) in [6, 6.07) is 4.06. The molecule has 1 aromatic carbocycles. The summed E-state index contributed by atoms with van der Waals surface area (Å²) >= 11 is 0. The molecule has 0 aliphatic carbocycles. The van der Waals surface area contributed by atoms with Gasteiger partial charge in [-0.25, -0.2) is 14.6 Å². The summed E-state index contributed by atoms with van der Waals surface area (Å²) in [7, 11) is 0. The first-order chi connectivity index (χ1) is 13.4. The molecular weight excluding hydrogens is 368 g/mol. The number of anilines is 1. The molecule has 0 saturated heterocycles. The molecule has 2 N–H and O–H groups in total. The lowest BCUT2D eigenvalue weighted by Crippen LogP contribution is -2.41. The van der Waals surface area contributed by atoms with E-state index in [0.29, 0.717) is 36.1 Å². The van der Waals surface area contributed by atoms with Crippen molar-refractivity contribution in [3.8, 4) is 11.5 Å². The molecule has 1 atom stereocenters. The molecular formula is C18H18N4O6. The number of aryl methyl sites for hydroxylation is 1. The van der Waals surface area contributed by atoms with Gasteiger partial charge in [-0.05, 0) is 26.0 Å². The minimum atomic E-state index is -1.21. The van der Waals surface area contributed by atoms with Crippen molar-refractivity contribution in [1.29, 1.82) is 0 Å². The van der Waals surface area contributed by atoms with Crippen molar-refractivity contribution in [3.05, 3.63) is 42.0 Å². The summed E-state index contributed by atoms with van der Waals surface area (Å²) in [6.07, 6.45) is 1.44. The molecule has 28 heavy (non-hydrogen) atoms. The van der Waals surface area contributed by atoms with Crippen LogP contribution in [0.3, 0.4) is 0 Å². The average molecular weight is 386 g/mol. The SMILES string of the molecule is Cc1cnc(C(=O)OC(C)C(=O)NC(=O)Nc2ccc3c(c2)OCCO3)cn1. The zero-order valence-corrected chi connectivity index (χ0v) is 15.2. The van der Waals surface area contributed by atoms with E-state index in [-0.39, 0.29) is 5.69 Å². The van der Waals surface area contributed by atoms with Crippen molar-refractivity contribution in [2.24, 2.45) is 0 Å². The molecule has 0 saturated carbocycles. The first-order valence-corrected chi connectivity index (χ1v) is 8.43. The molecule has 3 rings (SSSR count). The molecule has 0 spiro atoms. The fourth-order valence-corrected chi connectivity index (χ4v) is 2.27. The van der Waals surface area contributed by atoms with Crippen LogP contribution in [0.5, 0.6) is 11.5 Å². The van der Waals surface area contributed by atoms with E-state index in [2.05, 4.69) is 20.6 Å². The smallest absolute Gasteiger partial charge is 0.359 e. The maximum absolute atomic E-state index is 12.1. The van der Waals surface area contributed by atoms with Gasteiger partial charge in [-0.3, -0.25) is 15.1 Å². The van der Waals surface area contributed by atoms with Gasteiger partial charge in [0.05, 0.1) is 11.9 Å².